The zero-order valence-electron chi connectivity index (χ0n) is 9.52. The standard InChI is InChI=1S/C9H15N3O2S2/c1-6-11-12-9(16-6)15-5-4-7(10-2)8(13)14-3/h7,10H,4-5H2,1-3H3. The molecule has 0 aliphatic rings. The van der Waals surface area contributed by atoms with Gasteiger partial charge in [-0.1, -0.05) is 23.1 Å². The largest absolute Gasteiger partial charge is 0.468 e. The van der Waals surface area contributed by atoms with E-state index in [0.29, 0.717) is 6.42 Å². The van der Waals surface area contributed by atoms with Crippen molar-refractivity contribution in [2.75, 3.05) is 19.9 Å². The number of ether oxygens (including phenoxy) is 1. The van der Waals surface area contributed by atoms with Gasteiger partial charge >= 0.3 is 5.97 Å². The summed E-state index contributed by atoms with van der Waals surface area (Å²) in [4.78, 5) is 11.3. The first kappa shape index (κ1) is 13.4. The van der Waals surface area contributed by atoms with E-state index < -0.39 is 0 Å². The Bertz CT molecular complexity index is 343. The van der Waals surface area contributed by atoms with Gasteiger partial charge in [0.25, 0.3) is 0 Å². The van der Waals surface area contributed by atoms with Crippen molar-refractivity contribution in [2.24, 2.45) is 0 Å². The van der Waals surface area contributed by atoms with Crippen molar-refractivity contribution < 1.29 is 9.53 Å². The SMILES string of the molecule is CNC(CCSc1nnc(C)s1)C(=O)OC. The van der Waals surface area contributed by atoms with Gasteiger partial charge < -0.3 is 10.1 Å². The van der Waals surface area contributed by atoms with Crippen LogP contribution in [0.5, 0.6) is 0 Å². The highest BCUT2D eigenvalue weighted by Gasteiger charge is 2.16. The van der Waals surface area contributed by atoms with Crippen LogP contribution in [-0.2, 0) is 9.53 Å². The lowest BCUT2D eigenvalue weighted by Gasteiger charge is -2.12. The summed E-state index contributed by atoms with van der Waals surface area (Å²) >= 11 is 3.18. The summed E-state index contributed by atoms with van der Waals surface area (Å²) < 4.78 is 5.62. The Kier molecular flexibility index (Phi) is 5.72. The van der Waals surface area contributed by atoms with Crippen molar-refractivity contribution in [1.82, 2.24) is 15.5 Å². The predicted molar refractivity (Wildman–Crippen MR) is 64.9 cm³/mol. The molecule has 0 fully saturated rings. The van der Waals surface area contributed by atoms with Crippen LogP contribution >= 0.6 is 23.1 Å². The summed E-state index contributed by atoms with van der Waals surface area (Å²) in [7, 11) is 3.15. The lowest BCUT2D eigenvalue weighted by Crippen LogP contribution is -2.35. The third-order valence-electron chi connectivity index (χ3n) is 1.97. The molecule has 0 saturated heterocycles. The number of nitrogens with zero attached hydrogens (tertiary/aromatic N) is 2. The number of carbonyl (C=O) groups excluding carboxylic acids is 1. The second-order valence-electron chi connectivity index (χ2n) is 3.09. The van der Waals surface area contributed by atoms with Crippen LogP contribution in [0.4, 0.5) is 0 Å². The minimum Gasteiger partial charge on any atom is -0.468 e. The molecule has 1 rings (SSSR count). The van der Waals surface area contributed by atoms with Gasteiger partial charge in [0.1, 0.15) is 11.0 Å². The second-order valence-corrected chi connectivity index (χ2v) is 5.61. The molecule has 0 amide bonds. The van der Waals surface area contributed by atoms with Gasteiger partial charge in [-0.2, -0.15) is 0 Å². The molecule has 1 heterocycles. The van der Waals surface area contributed by atoms with Gasteiger partial charge in [0.2, 0.25) is 0 Å². The lowest BCUT2D eigenvalue weighted by molar-refractivity contribution is -0.143. The van der Waals surface area contributed by atoms with Gasteiger partial charge in [-0.15, -0.1) is 10.2 Å². The molecule has 0 spiro atoms. The van der Waals surface area contributed by atoms with Crippen LogP contribution in [0.2, 0.25) is 0 Å². The number of methoxy groups -OCH3 is 1. The molecular formula is C9H15N3O2S2. The van der Waals surface area contributed by atoms with Gasteiger partial charge in [0, 0.05) is 5.75 Å². The average molecular weight is 261 g/mol. The fraction of sp³-hybridized carbons (Fsp3) is 0.667. The number of hydrogen-bond acceptors (Lipinski definition) is 7. The maximum atomic E-state index is 11.3. The van der Waals surface area contributed by atoms with Crippen molar-refractivity contribution in [3.05, 3.63) is 5.01 Å². The van der Waals surface area contributed by atoms with Gasteiger partial charge in [-0.25, -0.2) is 0 Å². The maximum Gasteiger partial charge on any atom is 0.322 e. The number of carbonyl (C=O) groups is 1. The molecule has 0 saturated carbocycles. The molecule has 0 radical (unpaired) electrons. The smallest absolute Gasteiger partial charge is 0.322 e. The van der Waals surface area contributed by atoms with Crippen molar-refractivity contribution in [3.8, 4) is 0 Å². The normalized spacial score (nSPS) is 12.4. The summed E-state index contributed by atoms with van der Waals surface area (Å²) in [6, 6.07) is -0.244. The Balaban J connectivity index is 2.31. The molecule has 90 valence electrons. The van der Waals surface area contributed by atoms with E-state index in [1.54, 1.807) is 30.1 Å². The van der Waals surface area contributed by atoms with Gasteiger partial charge in [0.05, 0.1) is 7.11 Å². The van der Waals surface area contributed by atoms with Crippen molar-refractivity contribution >= 4 is 29.1 Å². The quantitative estimate of drug-likeness (QED) is 0.611. The number of aryl methyl sites for hydroxylation is 1. The highest BCUT2D eigenvalue weighted by atomic mass is 32.2. The first-order chi connectivity index (χ1) is 7.67. The van der Waals surface area contributed by atoms with Crippen molar-refractivity contribution in [3.63, 3.8) is 0 Å². The molecule has 1 aromatic rings. The minimum absolute atomic E-state index is 0.225. The summed E-state index contributed by atoms with van der Waals surface area (Å²) in [5, 5.41) is 11.8. The summed E-state index contributed by atoms with van der Waals surface area (Å²) in [6.07, 6.45) is 0.715. The fourth-order valence-corrected chi connectivity index (χ4v) is 3.01. The molecule has 0 aliphatic carbocycles. The summed E-state index contributed by atoms with van der Waals surface area (Å²) in [5.74, 6) is 0.589. The molecule has 1 N–H and O–H groups in total. The van der Waals surface area contributed by atoms with Crippen LogP contribution < -0.4 is 5.32 Å². The van der Waals surface area contributed by atoms with E-state index in [0.717, 1.165) is 15.1 Å². The highest BCUT2D eigenvalue weighted by molar-refractivity contribution is 8.01. The average Bonchev–Trinajstić information content (AvgIpc) is 2.69. The van der Waals surface area contributed by atoms with E-state index in [-0.39, 0.29) is 12.0 Å². The van der Waals surface area contributed by atoms with Crippen LogP contribution in [-0.4, -0.2) is 42.1 Å². The number of hydrogen-bond donors (Lipinski definition) is 1. The van der Waals surface area contributed by atoms with E-state index in [1.807, 2.05) is 6.92 Å². The topological polar surface area (TPSA) is 64.1 Å². The summed E-state index contributed by atoms with van der Waals surface area (Å²) in [5.41, 5.74) is 0. The molecule has 5 nitrogen and oxygen atoms in total. The Hall–Kier alpha value is -0.660. The first-order valence-electron chi connectivity index (χ1n) is 4.85. The Morgan fingerprint density at radius 1 is 1.62 bits per heavy atom. The van der Waals surface area contributed by atoms with E-state index in [2.05, 4.69) is 20.3 Å². The van der Waals surface area contributed by atoms with Crippen LogP contribution in [0.15, 0.2) is 4.34 Å². The Morgan fingerprint density at radius 2 is 2.38 bits per heavy atom. The van der Waals surface area contributed by atoms with Gasteiger partial charge in [-0.05, 0) is 20.4 Å². The number of rotatable bonds is 6. The second kappa shape index (κ2) is 6.82. The zero-order valence-corrected chi connectivity index (χ0v) is 11.2. The Morgan fingerprint density at radius 3 is 2.88 bits per heavy atom. The van der Waals surface area contributed by atoms with Crippen molar-refractivity contribution in [2.45, 2.75) is 23.7 Å². The molecule has 1 aromatic heterocycles. The fourth-order valence-electron chi connectivity index (χ4n) is 1.12. The Labute approximate surface area is 103 Å². The maximum absolute atomic E-state index is 11.3. The third-order valence-corrected chi connectivity index (χ3v) is 3.98. The lowest BCUT2D eigenvalue weighted by atomic mass is 10.2. The number of esters is 1. The van der Waals surface area contributed by atoms with Gasteiger partial charge in [-0.3, -0.25) is 4.79 Å². The van der Waals surface area contributed by atoms with E-state index in [4.69, 9.17) is 0 Å². The molecule has 0 aromatic carbocycles. The van der Waals surface area contributed by atoms with E-state index in [1.165, 1.54) is 7.11 Å². The highest BCUT2D eigenvalue weighted by Crippen LogP contribution is 2.22. The van der Waals surface area contributed by atoms with Crippen LogP contribution in [0.25, 0.3) is 0 Å². The molecule has 0 aliphatic heterocycles. The predicted octanol–water partition coefficient (Wildman–Crippen LogP) is 1.09. The third kappa shape index (κ3) is 4.07. The van der Waals surface area contributed by atoms with Crippen LogP contribution in [0.1, 0.15) is 11.4 Å². The number of aromatic nitrogens is 2. The van der Waals surface area contributed by atoms with Crippen LogP contribution in [0, 0.1) is 6.92 Å². The number of nitrogens with one attached hydrogen (secondary N) is 1. The molecule has 16 heavy (non-hydrogen) atoms. The number of likely N-dealkylation sites (N-methyl/N-ethyl adjacent to an activating group) is 1. The van der Waals surface area contributed by atoms with Crippen molar-refractivity contribution in [1.29, 1.82) is 0 Å². The van der Waals surface area contributed by atoms with E-state index in [9.17, 15) is 4.79 Å². The van der Waals surface area contributed by atoms with E-state index >= 15 is 0 Å². The molecule has 7 heteroatoms. The molecule has 0 bridgehead atoms. The van der Waals surface area contributed by atoms with Gasteiger partial charge in [0.15, 0.2) is 4.34 Å². The number of thioether (sulfide) groups is 1. The molecule has 1 unspecified atom stereocenters. The summed E-state index contributed by atoms with van der Waals surface area (Å²) in [6.45, 7) is 1.92. The zero-order chi connectivity index (χ0) is 12.0. The minimum atomic E-state index is -0.244. The monoisotopic (exact) mass is 261 g/mol. The molecular weight excluding hydrogens is 246 g/mol. The molecule has 1 atom stereocenters. The van der Waals surface area contributed by atoms with Crippen LogP contribution in [0.3, 0.4) is 0 Å². The first-order valence-corrected chi connectivity index (χ1v) is 6.65.